The van der Waals surface area contributed by atoms with Crippen LogP contribution in [0.5, 0.6) is 5.75 Å². The zero-order valence-corrected chi connectivity index (χ0v) is 13.2. The fourth-order valence-electron chi connectivity index (χ4n) is 3.37. The highest BCUT2D eigenvalue weighted by Crippen LogP contribution is 2.30. The summed E-state index contributed by atoms with van der Waals surface area (Å²) in [4.78, 5) is 0. The lowest BCUT2D eigenvalue weighted by molar-refractivity contribution is 0.204. The van der Waals surface area contributed by atoms with Crippen molar-refractivity contribution in [3.8, 4) is 5.75 Å². The van der Waals surface area contributed by atoms with Crippen LogP contribution in [0.25, 0.3) is 0 Å². The first-order valence-electron chi connectivity index (χ1n) is 8.15. The summed E-state index contributed by atoms with van der Waals surface area (Å²) in [5, 5.41) is 3.78. The van der Waals surface area contributed by atoms with E-state index in [1.54, 1.807) is 0 Å². The van der Waals surface area contributed by atoms with Gasteiger partial charge in [-0.1, -0.05) is 38.8 Å². The van der Waals surface area contributed by atoms with Crippen molar-refractivity contribution in [2.75, 3.05) is 6.61 Å². The molecule has 0 aliphatic heterocycles. The molecule has 0 spiro atoms. The Bertz CT molecular complexity index is 402. The minimum Gasteiger partial charge on any atom is -0.494 e. The lowest BCUT2D eigenvalue weighted by atomic mass is 9.78. The predicted octanol–water partition coefficient (Wildman–Crippen LogP) is 4.39. The first-order chi connectivity index (χ1) is 9.70. The predicted molar refractivity (Wildman–Crippen MR) is 85.0 cm³/mol. The standard InChI is InChI=1S/C18H29NO/c1-4-20-16-9-7-8-15(12-16)13-19-18-11-6-5-10-17(18)14(2)3/h7-9,12,14,17-19H,4-6,10-11,13H2,1-3H3. The third kappa shape index (κ3) is 4.24. The molecule has 2 heteroatoms. The SMILES string of the molecule is CCOc1cccc(CNC2CCCCC2C(C)C)c1. The second-order valence-corrected chi connectivity index (χ2v) is 6.26. The van der Waals surface area contributed by atoms with Crippen LogP contribution in [0.1, 0.15) is 52.0 Å². The summed E-state index contributed by atoms with van der Waals surface area (Å²) in [6.07, 6.45) is 5.49. The van der Waals surface area contributed by atoms with E-state index in [-0.39, 0.29) is 0 Å². The van der Waals surface area contributed by atoms with Crippen LogP contribution in [-0.4, -0.2) is 12.6 Å². The third-order valence-electron chi connectivity index (χ3n) is 4.45. The van der Waals surface area contributed by atoms with Crippen LogP contribution in [0.4, 0.5) is 0 Å². The Balaban J connectivity index is 1.91. The zero-order valence-electron chi connectivity index (χ0n) is 13.2. The highest BCUT2D eigenvalue weighted by Gasteiger charge is 2.26. The monoisotopic (exact) mass is 275 g/mol. The first-order valence-corrected chi connectivity index (χ1v) is 8.15. The molecule has 1 aliphatic carbocycles. The van der Waals surface area contributed by atoms with Crippen LogP contribution in [0, 0.1) is 11.8 Å². The highest BCUT2D eigenvalue weighted by molar-refractivity contribution is 5.28. The Hall–Kier alpha value is -1.02. The van der Waals surface area contributed by atoms with Crippen molar-refractivity contribution < 1.29 is 4.74 Å². The van der Waals surface area contributed by atoms with Crippen molar-refractivity contribution >= 4 is 0 Å². The van der Waals surface area contributed by atoms with Gasteiger partial charge >= 0.3 is 0 Å². The largest absolute Gasteiger partial charge is 0.494 e. The van der Waals surface area contributed by atoms with E-state index >= 15 is 0 Å². The van der Waals surface area contributed by atoms with E-state index < -0.39 is 0 Å². The fourth-order valence-corrected chi connectivity index (χ4v) is 3.37. The Morgan fingerprint density at radius 1 is 1.25 bits per heavy atom. The van der Waals surface area contributed by atoms with E-state index in [9.17, 15) is 0 Å². The topological polar surface area (TPSA) is 21.3 Å². The van der Waals surface area contributed by atoms with Crippen molar-refractivity contribution in [3.63, 3.8) is 0 Å². The molecular weight excluding hydrogens is 246 g/mol. The van der Waals surface area contributed by atoms with E-state index in [1.165, 1.54) is 31.2 Å². The number of ether oxygens (including phenoxy) is 1. The molecule has 0 radical (unpaired) electrons. The molecule has 20 heavy (non-hydrogen) atoms. The van der Waals surface area contributed by atoms with Gasteiger partial charge in [-0.05, 0) is 49.3 Å². The van der Waals surface area contributed by atoms with Crippen molar-refractivity contribution in [1.29, 1.82) is 0 Å². The van der Waals surface area contributed by atoms with Gasteiger partial charge in [0.1, 0.15) is 5.75 Å². The molecule has 0 bridgehead atoms. The smallest absolute Gasteiger partial charge is 0.119 e. The third-order valence-corrected chi connectivity index (χ3v) is 4.45. The Morgan fingerprint density at radius 3 is 2.80 bits per heavy atom. The molecule has 2 unspecified atom stereocenters. The van der Waals surface area contributed by atoms with Crippen LogP contribution >= 0.6 is 0 Å². The molecule has 1 fully saturated rings. The molecule has 2 atom stereocenters. The van der Waals surface area contributed by atoms with Gasteiger partial charge in [0, 0.05) is 12.6 Å². The summed E-state index contributed by atoms with van der Waals surface area (Å²) in [5.41, 5.74) is 1.32. The number of rotatable bonds is 6. The van der Waals surface area contributed by atoms with Crippen LogP contribution in [0.2, 0.25) is 0 Å². The van der Waals surface area contributed by atoms with E-state index in [0.717, 1.165) is 30.7 Å². The van der Waals surface area contributed by atoms with Crippen molar-refractivity contribution in [3.05, 3.63) is 29.8 Å². The summed E-state index contributed by atoms with van der Waals surface area (Å²) < 4.78 is 5.57. The average Bonchev–Trinajstić information content (AvgIpc) is 2.46. The Labute approximate surface area is 123 Å². The Morgan fingerprint density at radius 2 is 2.05 bits per heavy atom. The summed E-state index contributed by atoms with van der Waals surface area (Å²) in [6, 6.07) is 9.14. The minimum atomic E-state index is 0.680. The summed E-state index contributed by atoms with van der Waals surface area (Å²) in [6.45, 7) is 8.44. The second kappa shape index (κ2) is 7.68. The summed E-state index contributed by atoms with van der Waals surface area (Å²) in [5.74, 6) is 2.59. The number of benzene rings is 1. The van der Waals surface area contributed by atoms with Crippen LogP contribution in [-0.2, 0) is 6.54 Å². The van der Waals surface area contributed by atoms with E-state index in [0.29, 0.717) is 6.04 Å². The van der Waals surface area contributed by atoms with Gasteiger partial charge in [0.25, 0.3) is 0 Å². The number of nitrogens with one attached hydrogen (secondary N) is 1. The van der Waals surface area contributed by atoms with Crippen LogP contribution < -0.4 is 10.1 Å². The molecule has 1 N–H and O–H groups in total. The lowest BCUT2D eigenvalue weighted by Crippen LogP contribution is -2.40. The van der Waals surface area contributed by atoms with Gasteiger partial charge in [0.2, 0.25) is 0 Å². The molecule has 2 nitrogen and oxygen atoms in total. The molecule has 0 saturated heterocycles. The van der Waals surface area contributed by atoms with Gasteiger partial charge < -0.3 is 10.1 Å². The molecule has 1 aromatic rings. The molecule has 0 heterocycles. The summed E-state index contributed by atoms with van der Waals surface area (Å²) in [7, 11) is 0. The van der Waals surface area contributed by atoms with Gasteiger partial charge in [0.15, 0.2) is 0 Å². The molecule has 1 aliphatic rings. The second-order valence-electron chi connectivity index (χ2n) is 6.26. The van der Waals surface area contributed by atoms with Gasteiger partial charge in [-0.2, -0.15) is 0 Å². The van der Waals surface area contributed by atoms with Gasteiger partial charge in [0.05, 0.1) is 6.61 Å². The van der Waals surface area contributed by atoms with Gasteiger partial charge in [-0.15, -0.1) is 0 Å². The van der Waals surface area contributed by atoms with E-state index in [1.807, 2.05) is 13.0 Å². The fraction of sp³-hybridized carbons (Fsp3) is 0.667. The van der Waals surface area contributed by atoms with Crippen molar-refractivity contribution in [2.24, 2.45) is 11.8 Å². The summed E-state index contributed by atoms with van der Waals surface area (Å²) >= 11 is 0. The highest BCUT2D eigenvalue weighted by atomic mass is 16.5. The zero-order chi connectivity index (χ0) is 14.4. The van der Waals surface area contributed by atoms with E-state index in [4.69, 9.17) is 4.74 Å². The van der Waals surface area contributed by atoms with E-state index in [2.05, 4.69) is 37.4 Å². The average molecular weight is 275 g/mol. The quantitative estimate of drug-likeness (QED) is 0.831. The van der Waals surface area contributed by atoms with Gasteiger partial charge in [-0.3, -0.25) is 0 Å². The molecular formula is C18H29NO. The molecule has 0 amide bonds. The maximum atomic E-state index is 5.57. The lowest BCUT2D eigenvalue weighted by Gasteiger charge is -2.35. The maximum Gasteiger partial charge on any atom is 0.119 e. The van der Waals surface area contributed by atoms with Crippen LogP contribution in [0.15, 0.2) is 24.3 Å². The molecule has 1 aromatic carbocycles. The minimum absolute atomic E-state index is 0.680. The molecule has 1 saturated carbocycles. The Kier molecular flexibility index (Phi) is 5.90. The first kappa shape index (κ1) is 15.4. The van der Waals surface area contributed by atoms with Crippen molar-refractivity contribution in [2.45, 2.75) is 59.0 Å². The number of hydrogen-bond donors (Lipinski definition) is 1. The molecule has 112 valence electrons. The van der Waals surface area contributed by atoms with Crippen LogP contribution in [0.3, 0.4) is 0 Å². The normalized spacial score (nSPS) is 23.0. The maximum absolute atomic E-state index is 5.57. The molecule has 0 aromatic heterocycles. The molecule has 2 rings (SSSR count). The van der Waals surface area contributed by atoms with Crippen molar-refractivity contribution in [1.82, 2.24) is 5.32 Å². The number of hydrogen-bond acceptors (Lipinski definition) is 2. The van der Waals surface area contributed by atoms with Gasteiger partial charge in [-0.25, -0.2) is 0 Å².